The van der Waals surface area contributed by atoms with Crippen LogP contribution >= 0.6 is 0 Å². The Balaban J connectivity index is 2.61. The number of hydrogen-bond acceptors (Lipinski definition) is 4. The van der Waals surface area contributed by atoms with Crippen LogP contribution in [0.3, 0.4) is 0 Å². The van der Waals surface area contributed by atoms with E-state index in [9.17, 15) is 4.79 Å². The third-order valence-corrected chi connectivity index (χ3v) is 1.55. The van der Waals surface area contributed by atoms with Gasteiger partial charge in [-0.3, -0.25) is 9.78 Å². The van der Waals surface area contributed by atoms with Crippen molar-refractivity contribution in [3.63, 3.8) is 0 Å². The Labute approximate surface area is 75.8 Å². The monoisotopic (exact) mass is 183 g/mol. The van der Waals surface area contributed by atoms with Crippen molar-refractivity contribution in [2.75, 3.05) is 11.9 Å². The molecule has 3 N–H and O–H groups in total. The summed E-state index contributed by atoms with van der Waals surface area (Å²) < 4.78 is 0. The van der Waals surface area contributed by atoms with Crippen LogP contribution in [-0.4, -0.2) is 21.6 Å². The van der Waals surface area contributed by atoms with Gasteiger partial charge in [-0.25, -0.2) is 0 Å². The van der Waals surface area contributed by atoms with E-state index in [2.05, 4.69) is 22.2 Å². The minimum Gasteiger partial charge on any atom is -0.493 e. The first-order valence-corrected chi connectivity index (χ1v) is 4.26. The zero-order valence-electron chi connectivity index (χ0n) is 7.50. The van der Waals surface area contributed by atoms with Crippen LogP contribution in [0.25, 0.3) is 0 Å². The highest BCUT2D eigenvalue weighted by atomic mass is 16.3. The second kappa shape index (κ2) is 4.49. The van der Waals surface area contributed by atoms with Crippen molar-refractivity contribution in [3.8, 4) is 5.88 Å². The Morgan fingerprint density at radius 1 is 1.69 bits per heavy atom. The summed E-state index contributed by atoms with van der Waals surface area (Å²) in [7, 11) is 0. The minimum atomic E-state index is -0.355. The van der Waals surface area contributed by atoms with Gasteiger partial charge >= 0.3 is 0 Å². The summed E-state index contributed by atoms with van der Waals surface area (Å²) in [5.41, 5.74) is -0.355. The molecule has 0 aliphatic carbocycles. The molecular weight excluding hydrogens is 170 g/mol. The van der Waals surface area contributed by atoms with Gasteiger partial charge in [0.1, 0.15) is 0 Å². The molecule has 0 saturated carbocycles. The molecule has 0 aliphatic rings. The van der Waals surface area contributed by atoms with Gasteiger partial charge in [0.2, 0.25) is 11.8 Å². The third kappa shape index (κ3) is 3.14. The Kier molecular flexibility index (Phi) is 3.31. The van der Waals surface area contributed by atoms with E-state index in [0.29, 0.717) is 5.95 Å². The molecule has 1 heterocycles. The van der Waals surface area contributed by atoms with Crippen molar-refractivity contribution in [1.82, 2.24) is 9.97 Å². The molecule has 0 amide bonds. The van der Waals surface area contributed by atoms with E-state index in [1.54, 1.807) is 0 Å². The Hall–Kier alpha value is -1.52. The van der Waals surface area contributed by atoms with E-state index >= 15 is 0 Å². The summed E-state index contributed by atoms with van der Waals surface area (Å²) in [6, 6.07) is 1.03. The average molecular weight is 183 g/mol. The number of unbranched alkanes of at least 4 members (excludes halogenated alkanes) is 1. The molecule has 13 heavy (non-hydrogen) atoms. The number of anilines is 1. The molecule has 5 heteroatoms. The lowest BCUT2D eigenvalue weighted by molar-refractivity contribution is 0.452. The van der Waals surface area contributed by atoms with Crippen molar-refractivity contribution in [3.05, 3.63) is 16.4 Å². The summed E-state index contributed by atoms with van der Waals surface area (Å²) in [6.07, 6.45) is 2.06. The minimum absolute atomic E-state index is 0.261. The lowest BCUT2D eigenvalue weighted by Gasteiger charge is -2.03. The smallest absolute Gasteiger partial charge is 0.256 e. The van der Waals surface area contributed by atoms with Crippen molar-refractivity contribution < 1.29 is 5.11 Å². The van der Waals surface area contributed by atoms with Crippen LogP contribution in [0.5, 0.6) is 5.88 Å². The highest BCUT2D eigenvalue weighted by Crippen LogP contribution is 2.02. The highest BCUT2D eigenvalue weighted by Gasteiger charge is 1.97. The maximum absolute atomic E-state index is 10.8. The number of nitrogens with zero attached hydrogens (tertiary/aromatic N) is 1. The molecule has 1 rings (SSSR count). The van der Waals surface area contributed by atoms with Gasteiger partial charge < -0.3 is 10.4 Å². The fraction of sp³-hybridized carbons (Fsp3) is 0.500. The number of H-pyrrole nitrogens is 1. The maximum atomic E-state index is 10.8. The number of rotatable bonds is 4. The number of aromatic amines is 1. The molecule has 0 bridgehead atoms. The van der Waals surface area contributed by atoms with Gasteiger partial charge in [0.05, 0.1) is 6.07 Å². The SMILES string of the molecule is CCCCNc1nc(O)cc(=O)[nH]1. The summed E-state index contributed by atoms with van der Waals surface area (Å²) in [6.45, 7) is 2.81. The summed E-state index contributed by atoms with van der Waals surface area (Å²) in [5, 5.41) is 11.9. The van der Waals surface area contributed by atoms with E-state index in [1.807, 2.05) is 0 Å². The van der Waals surface area contributed by atoms with Crippen LogP contribution in [0.2, 0.25) is 0 Å². The summed E-state index contributed by atoms with van der Waals surface area (Å²) in [4.78, 5) is 17.0. The van der Waals surface area contributed by atoms with E-state index in [4.69, 9.17) is 5.11 Å². The summed E-state index contributed by atoms with van der Waals surface area (Å²) in [5.74, 6) is 0.0567. The first kappa shape index (κ1) is 9.57. The van der Waals surface area contributed by atoms with E-state index in [-0.39, 0.29) is 11.4 Å². The molecular formula is C8H13N3O2. The first-order valence-electron chi connectivity index (χ1n) is 4.26. The van der Waals surface area contributed by atoms with Crippen LogP contribution in [0.4, 0.5) is 5.95 Å². The van der Waals surface area contributed by atoms with Gasteiger partial charge in [0, 0.05) is 6.54 Å². The third-order valence-electron chi connectivity index (χ3n) is 1.55. The van der Waals surface area contributed by atoms with Gasteiger partial charge in [-0.1, -0.05) is 13.3 Å². The Morgan fingerprint density at radius 2 is 2.46 bits per heavy atom. The topological polar surface area (TPSA) is 78.0 Å². The molecule has 1 aromatic heterocycles. The Morgan fingerprint density at radius 3 is 3.08 bits per heavy atom. The molecule has 0 saturated heterocycles. The van der Waals surface area contributed by atoms with Crippen LogP contribution < -0.4 is 10.9 Å². The molecule has 1 aromatic rings. The standard InChI is InChI=1S/C8H13N3O2/c1-2-3-4-9-8-10-6(12)5-7(13)11-8/h5H,2-4H2,1H3,(H3,9,10,11,12,13). The predicted octanol–water partition coefficient (Wildman–Crippen LogP) is 0.687. The van der Waals surface area contributed by atoms with Crippen LogP contribution in [0, 0.1) is 0 Å². The van der Waals surface area contributed by atoms with Crippen LogP contribution in [-0.2, 0) is 0 Å². The molecule has 72 valence electrons. The maximum Gasteiger partial charge on any atom is 0.256 e. The lowest BCUT2D eigenvalue weighted by Crippen LogP contribution is -2.12. The van der Waals surface area contributed by atoms with E-state index in [0.717, 1.165) is 25.5 Å². The van der Waals surface area contributed by atoms with Gasteiger partial charge in [-0.2, -0.15) is 4.98 Å². The summed E-state index contributed by atoms with van der Waals surface area (Å²) >= 11 is 0. The number of hydrogen-bond donors (Lipinski definition) is 3. The first-order chi connectivity index (χ1) is 6.22. The van der Waals surface area contributed by atoms with Crippen molar-refractivity contribution in [1.29, 1.82) is 0 Å². The second-order valence-corrected chi connectivity index (χ2v) is 2.73. The highest BCUT2D eigenvalue weighted by molar-refractivity contribution is 5.26. The Bertz CT molecular complexity index is 321. The van der Waals surface area contributed by atoms with E-state index in [1.165, 1.54) is 0 Å². The second-order valence-electron chi connectivity index (χ2n) is 2.73. The largest absolute Gasteiger partial charge is 0.493 e. The quantitative estimate of drug-likeness (QED) is 0.600. The normalized spacial score (nSPS) is 9.92. The molecule has 0 atom stereocenters. The molecule has 0 aromatic carbocycles. The fourth-order valence-corrected chi connectivity index (χ4v) is 0.912. The van der Waals surface area contributed by atoms with Crippen molar-refractivity contribution in [2.45, 2.75) is 19.8 Å². The van der Waals surface area contributed by atoms with E-state index < -0.39 is 0 Å². The lowest BCUT2D eigenvalue weighted by atomic mass is 10.3. The number of aromatic hydroxyl groups is 1. The molecule has 0 unspecified atom stereocenters. The molecule has 0 fully saturated rings. The van der Waals surface area contributed by atoms with Gasteiger partial charge in [0.15, 0.2) is 0 Å². The zero-order valence-corrected chi connectivity index (χ0v) is 7.50. The van der Waals surface area contributed by atoms with Gasteiger partial charge in [-0.05, 0) is 6.42 Å². The predicted molar refractivity (Wildman–Crippen MR) is 49.9 cm³/mol. The fourth-order valence-electron chi connectivity index (χ4n) is 0.912. The average Bonchev–Trinajstić information content (AvgIpc) is 2.03. The zero-order chi connectivity index (χ0) is 9.68. The molecule has 0 spiro atoms. The van der Waals surface area contributed by atoms with Crippen LogP contribution in [0.15, 0.2) is 10.9 Å². The van der Waals surface area contributed by atoms with Gasteiger partial charge in [-0.15, -0.1) is 0 Å². The van der Waals surface area contributed by atoms with Gasteiger partial charge in [0.25, 0.3) is 5.56 Å². The number of aromatic nitrogens is 2. The molecule has 0 aliphatic heterocycles. The van der Waals surface area contributed by atoms with Crippen LogP contribution in [0.1, 0.15) is 19.8 Å². The molecule has 0 radical (unpaired) electrons. The van der Waals surface area contributed by atoms with Crippen molar-refractivity contribution >= 4 is 5.95 Å². The number of nitrogens with one attached hydrogen (secondary N) is 2. The molecule has 5 nitrogen and oxygen atoms in total. The van der Waals surface area contributed by atoms with Crippen molar-refractivity contribution in [2.24, 2.45) is 0 Å².